The monoisotopic (exact) mass is 711 g/mol. The summed E-state index contributed by atoms with van der Waals surface area (Å²) in [5.74, 6) is -2.44. The van der Waals surface area contributed by atoms with Gasteiger partial charge in [-0.3, -0.25) is 24.4 Å². The molecule has 7 rings (SSSR count). The number of hydrogen-bond donors (Lipinski definition) is 3. The highest BCUT2D eigenvalue weighted by Gasteiger charge is 2.41. The Morgan fingerprint density at radius 1 is 0.865 bits per heavy atom. The van der Waals surface area contributed by atoms with Crippen LogP contribution in [0.25, 0.3) is 10.8 Å². The summed E-state index contributed by atoms with van der Waals surface area (Å²) in [4.78, 5) is 83.0. The van der Waals surface area contributed by atoms with Gasteiger partial charge in [-0.15, -0.1) is 10.1 Å². The molecule has 0 aliphatic carbocycles. The van der Waals surface area contributed by atoms with Crippen molar-refractivity contribution < 1.29 is 53.4 Å². The molecule has 3 N–H and O–H groups in total. The first-order valence-corrected chi connectivity index (χ1v) is 16.0. The summed E-state index contributed by atoms with van der Waals surface area (Å²) in [5.41, 5.74) is 0.0278. The number of hydrogen-bond acceptors (Lipinski definition) is 12. The summed E-state index contributed by atoms with van der Waals surface area (Å²) in [6.07, 6.45) is -0.748. The number of aromatic nitrogens is 1. The molecule has 1 atom stereocenters. The topological polar surface area (TPSA) is 205 Å². The number of amides is 5. The molecule has 1 saturated heterocycles. The van der Waals surface area contributed by atoms with Gasteiger partial charge in [0.25, 0.3) is 23.6 Å². The minimum absolute atomic E-state index is 0.0426. The minimum Gasteiger partial charge on any atom is -0.490 e. The third kappa shape index (κ3) is 7.24. The van der Waals surface area contributed by atoms with Crippen LogP contribution in [0.5, 0.6) is 5.75 Å². The van der Waals surface area contributed by atoms with Crippen molar-refractivity contribution in [2.75, 3.05) is 25.0 Å². The Kier molecular flexibility index (Phi) is 9.60. The number of hydroxylamine groups is 4. The lowest BCUT2D eigenvalue weighted by atomic mass is 10.1. The van der Waals surface area contributed by atoms with Crippen molar-refractivity contribution in [3.05, 3.63) is 101 Å². The van der Waals surface area contributed by atoms with Crippen LogP contribution in [-0.4, -0.2) is 103 Å². The van der Waals surface area contributed by atoms with E-state index in [0.29, 0.717) is 29.7 Å². The molecule has 3 aromatic carbocycles. The molecular formula is C36H33N5O11. The fourth-order valence-electron chi connectivity index (χ4n) is 5.53. The molecule has 3 aliphatic heterocycles. The van der Waals surface area contributed by atoms with Gasteiger partial charge in [-0.1, -0.05) is 24.3 Å². The number of carbonyl (C=O) groups is 6. The van der Waals surface area contributed by atoms with Gasteiger partial charge in [0.15, 0.2) is 0 Å². The Bertz CT molecular complexity index is 2040. The van der Waals surface area contributed by atoms with E-state index in [2.05, 4.69) is 10.3 Å². The van der Waals surface area contributed by atoms with Gasteiger partial charge >= 0.3 is 12.1 Å². The predicted octanol–water partition coefficient (Wildman–Crippen LogP) is 4.00. The van der Waals surface area contributed by atoms with E-state index < -0.39 is 47.4 Å². The summed E-state index contributed by atoms with van der Waals surface area (Å²) in [6.45, 7) is 5.47. The van der Waals surface area contributed by atoms with Crippen LogP contribution in [0.4, 0.5) is 10.6 Å². The summed E-state index contributed by atoms with van der Waals surface area (Å²) in [6, 6.07) is 19.6. The zero-order valence-electron chi connectivity index (χ0n) is 28.1. The average Bonchev–Trinajstić information content (AvgIpc) is 3.46. The second-order valence-electron chi connectivity index (χ2n) is 12.9. The summed E-state index contributed by atoms with van der Waals surface area (Å²) in [7, 11) is 0. The molecule has 1 fully saturated rings. The fraction of sp³-hybridized carbons (Fsp3) is 0.250. The van der Waals surface area contributed by atoms with Crippen molar-refractivity contribution in [2.45, 2.75) is 38.5 Å². The van der Waals surface area contributed by atoms with E-state index in [0.717, 1.165) is 10.8 Å². The number of anilines is 1. The minimum atomic E-state index is -1.41. The molecule has 0 spiro atoms. The van der Waals surface area contributed by atoms with Crippen LogP contribution >= 0.6 is 0 Å². The van der Waals surface area contributed by atoms with Crippen LogP contribution in [-0.2, 0) is 14.4 Å². The number of ether oxygens (including phenoxy) is 2. The molecule has 0 saturated carbocycles. The lowest BCUT2D eigenvalue weighted by Gasteiger charge is -2.37. The van der Waals surface area contributed by atoms with Crippen molar-refractivity contribution >= 4 is 52.3 Å². The van der Waals surface area contributed by atoms with Gasteiger partial charge in [0.1, 0.15) is 23.8 Å². The lowest BCUT2D eigenvalue weighted by molar-refractivity contribution is -0.193. The molecule has 4 heterocycles. The molecule has 16 heteroatoms. The number of rotatable bonds is 8. The fourth-order valence-corrected chi connectivity index (χ4v) is 5.53. The number of nitrogens with zero attached hydrogens (tertiary/aromatic N) is 4. The molecule has 16 nitrogen and oxygen atoms in total. The summed E-state index contributed by atoms with van der Waals surface area (Å²) in [5, 5.41) is 23.5. The zero-order valence-corrected chi connectivity index (χ0v) is 28.1. The Hall–Kier alpha value is -6.39. The van der Waals surface area contributed by atoms with Gasteiger partial charge < -0.3 is 24.8 Å². The van der Waals surface area contributed by atoms with Crippen molar-refractivity contribution in [3.63, 3.8) is 0 Å². The van der Waals surface area contributed by atoms with E-state index >= 15 is 0 Å². The van der Waals surface area contributed by atoms with E-state index in [1.807, 2.05) is 0 Å². The molecular weight excluding hydrogens is 678 g/mol. The van der Waals surface area contributed by atoms with Crippen LogP contribution in [0.2, 0.25) is 0 Å². The van der Waals surface area contributed by atoms with E-state index in [4.69, 9.17) is 24.6 Å². The van der Waals surface area contributed by atoms with Crippen LogP contribution in [0, 0.1) is 0 Å². The Balaban J connectivity index is 0.000000325. The Labute approximate surface area is 296 Å². The molecule has 0 unspecified atom stereocenters. The third-order valence-corrected chi connectivity index (χ3v) is 8.06. The van der Waals surface area contributed by atoms with E-state index in [1.54, 1.807) is 75.5 Å². The van der Waals surface area contributed by atoms with Crippen molar-refractivity contribution in [2.24, 2.45) is 0 Å². The molecule has 1 aromatic heterocycles. The van der Waals surface area contributed by atoms with Gasteiger partial charge in [-0.2, -0.15) is 0 Å². The van der Waals surface area contributed by atoms with Crippen molar-refractivity contribution in [3.8, 4) is 5.75 Å². The maximum absolute atomic E-state index is 13.0. The van der Waals surface area contributed by atoms with Crippen molar-refractivity contribution in [1.29, 1.82) is 0 Å². The molecule has 0 radical (unpaired) electrons. The SMILES string of the molecule is CC(C)(C)OC(=O)[C@H](COc1ccc2c(NC3CN(C(=O)O)C3)nccc2c1)ON1C(=O)c2ccccc2C1=O.O=C1c2ccccc2C(=O)N1O. The molecule has 4 aromatic rings. The van der Waals surface area contributed by atoms with Gasteiger partial charge in [-0.05, 0) is 74.7 Å². The number of benzene rings is 3. The second-order valence-corrected chi connectivity index (χ2v) is 12.9. The van der Waals surface area contributed by atoms with Crippen LogP contribution < -0.4 is 10.1 Å². The quantitative estimate of drug-likeness (QED) is 0.134. The number of esters is 1. The first-order chi connectivity index (χ1) is 24.7. The third-order valence-electron chi connectivity index (χ3n) is 8.06. The molecule has 0 bridgehead atoms. The predicted molar refractivity (Wildman–Crippen MR) is 181 cm³/mol. The maximum atomic E-state index is 13.0. The number of imide groups is 2. The van der Waals surface area contributed by atoms with E-state index in [1.165, 1.54) is 29.2 Å². The number of fused-ring (bicyclic) bond motifs is 3. The number of nitrogens with one attached hydrogen (secondary N) is 1. The first-order valence-electron chi connectivity index (χ1n) is 16.0. The maximum Gasteiger partial charge on any atom is 0.407 e. The standard InChI is InChI=1S/C28H28N4O8.C8H5NO3/c1-28(2,3)39-26(35)22(40-32-24(33)20-6-4-5-7-21(20)25(32)34)15-38-18-8-9-19-16(12-18)10-11-29-23(19)30-17-13-31(14-17)27(36)37;10-7-5-3-1-2-4-6(5)8(11)9(7)12/h4-12,17,22H,13-15H2,1-3H3,(H,29,30)(H,36,37);1-4,12H/t22-;/m0./s1. The number of carbonyl (C=O) groups excluding carboxylic acids is 5. The lowest BCUT2D eigenvalue weighted by Crippen LogP contribution is -2.56. The molecule has 5 amide bonds. The molecule has 268 valence electrons. The number of carboxylic acid groups (broad SMARTS) is 1. The Morgan fingerprint density at radius 3 is 1.96 bits per heavy atom. The van der Waals surface area contributed by atoms with Gasteiger partial charge in [0, 0.05) is 24.7 Å². The summed E-state index contributed by atoms with van der Waals surface area (Å²) >= 11 is 0. The number of pyridine rings is 1. The van der Waals surface area contributed by atoms with E-state index in [-0.39, 0.29) is 40.0 Å². The van der Waals surface area contributed by atoms with Gasteiger partial charge in [-0.25, -0.2) is 19.4 Å². The smallest absolute Gasteiger partial charge is 0.407 e. The van der Waals surface area contributed by atoms with Crippen molar-refractivity contribution in [1.82, 2.24) is 20.0 Å². The zero-order chi connectivity index (χ0) is 37.3. The highest BCUT2D eigenvalue weighted by atomic mass is 16.7. The number of likely N-dealkylation sites (tertiary alicyclic amines) is 1. The molecule has 3 aliphatic rings. The van der Waals surface area contributed by atoms with Crippen LogP contribution in [0.3, 0.4) is 0 Å². The van der Waals surface area contributed by atoms with Gasteiger partial charge in [0.05, 0.1) is 28.3 Å². The van der Waals surface area contributed by atoms with Crippen LogP contribution in [0.1, 0.15) is 62.2 Å². The normalized spacial score (nSPS) is 15.8. The van der Waals surface area contributed by atoms with Gasteiger partial charge in [0.2, 0.25) is 6.10 Å². The highest BCUT2D eigenvalue weighted by Crippen LogP contribution is 2.28. The largest absolute Gasteiger partial charge is 0.490 e. The average molecular weight is 712 g/mol. The second kappa shape index (κ2) is 14.1. The first kappa shape index (κ1) is 35.4. The molecule has 52 heavy (non-hydrogen) atoms. The Morgan fingerprint density at radius 2 is 1.42 bits per heavy atom. The summed E-state index contributed by atoms with van der Waals surface area (Å²) < 4.78 is 11.3. The highest BCUT2D eigenvalue weighted by molar-refractivity contribution is 6.21. The van der Waals surface area contributed by atoms with E-state index in [9.17, 15) is 28.8 Å². The van der Waals surface area contributed by atoms with Crippen LogP contribution in [0.15, 0.2) is 79.0 Å².